The molecule has 0 amide bonds. The standard InChI is InChI=1S/C24H14N4/c1-6-12-20-15(7-1)13-14-21(25-20)24-26-22-18-10-4-2-8-16(18)17-9-3-5-11-19(17)23(22)27-28-24/h1-14H. The van der Waals surface area contributed by atoms with Crippen LogP contribution in [-0.2, 0) is 0 Å². The summed E-state index contributed by atoms with van der Waals surface area (Å²) in [5.41, 5.74) is 3.32. The molecule has 6 rings (SSSR count). The van der Waals surface area contributed by atoms with Crippen molar-refractivity contribution in [1.29, 1.82) is 0 Å². The number of hydrogen-bond acceptors (Lipinski definition) is 4. The fraction of sp³-hybridized carbons (Fsp3) is 0. The number of nitrogens with zero attached hydrogens (tertiary/aromatic N) is 4. The van der Waals surface area contributed by atoms with Gasteiger partial charge in [-0.3, -0.25) is 0 Å². The van der Waals surface area contributed by atoms with Crippen LogP contribution in [0, 0.1) is 0 Å². The zero-order chi connectivity index (χ0) is 18.5. The van der Waals surface area contributed by atoms with Crippen molar-refractivity contribution in [3.63, 3.8) is 0 Å². The predicted octanol–water partition coefficient (Wildman–Crippen LogP) is 5.55. The Kier molecular flexibility index (Phi) is 3.14. The molecule has 0 spiro atoms. The van der Waals surface area contributed by atoms with Crippen LogP contribution in [0.25, 0.3) is 55.0 Å². The van der Waals surface area contributed by atoms with Gasteiger partial charge in [0, 0.05) is 16.2 Å². The van der Waals surface area contributed by atoms with Crippen LogP contribution in [0.4, 0.5) is 0 Å². The fourth-order valence-electron chi connectivity index (χ4n) is 3.84. The molecule has 0 aliphatic carbocycles. The van der Waals surface area contributed by atoms with Crippen molar-refractivity contribution in [1.82, 2.24) is 20.2 Å². The number of benzene rings is 4. The van der Waals surface area contributed by atoms with Gasteiger partial charge < -0.3 is 0 Å². The average Bonchev–Trinajstić information content (AvgIpc) is 2.78. The van der Waals surface area contributed by atoms with Crippen LogP contribution in [0.2, 0.25) is 0 Å². The maximum Gasteiger partial charge on any atom is 0.201 e. The second-order valence-electron chi connectivity index (χ2n) is 6.81. The molecule has 4 aromatic carbocycles. The highest BCUT2D eigenvalue weighted by Gasteiger charge is 2.13. The summed E-state index contributed by atoms with van der Waals surface area (Å²) in [6.45, 7) is 0. The molecule has 2 aromatic heterocycles. The van der Waals surface area contributed by atoms with Gasteiger partial charge >= 0.3 is 0 Å². The van der Waals surface area contributed by atoms with E-state index in [2.05, 4.69) is 46.6 Å². The molecule has 4 nitrogen and oxygen atoms in total. The second-order valence-corrected chi connectivity index (χ2v) is 6.81. The van der Waals surface area contributed by atoms with E-state index in [1.165, 1.54) is 10.8 Å². The molecule has 0 N–H and O–H groups in total. The first kappa shape index (κ1) is 15.2. The summed E-state index contributed by atoms with van der Waals surface area (Å²) in [6, 6.07) is 28.6. The van der Waals surface area contributed by atoms with Crippen molar-refractivity contribution >= 4 is 43.5 Å². The molecule has 4 heteroatoms. The van der Waals surface area contributed by atoms with E-state index in [9.17, 15) is 0 Å². The molecular formula is C24H14N4. The Hall–Kier alpha value is -3.92. The van der Waals surface area contributed by atoms with E-state index in [-0.39, 0.29) is 0 Å². The van der Waals surface area contributed by atoms with Crippen LogP contribution in [0.15, 0.2) is 84.9 Å². The highest BCUT2D eigenvalue weighted by Crippen LogP contribution is 2.33. The van der Waals surface area contributed by atoms with Crippen molar-refractivity contribution in [3.8, 4) is 11.5 Å². The molecule has 0 aliphatic rings. The van der Waals surface area contributed by atoms with Gasteiger partial charge in [0.2, 0.25) is 5.82 Å². The lowest BCUT2D eigenvalue weighted by Crippen LogP contribution is -1.97. The van der Waals surface area contributed by atoms with Crippen molar-refractivity contribution in [2.24, 2.45) is 0 Å². The van der Waals surface area contributed by atoms with Crippen LogP contribution >= 0.6 is 0 Å². The molecular weight excluding hydrogens is 344 g/mol. The summed E-state index contributed by atoms with van der Waals surface area (Å²) in [6.07, 6.45) is 0. The molecule has 130 valence electrons. The number of aromatic nitrogens is 4. The summed E-state index contributed by atoms with van der Waals surface area (Å²) in [4.78, 5) is 9.62. The molecule has 0 saturated heterocycles. The Morgan fingerprint density at radius 3 is 1.89 bits per heavy atom. The van der Waals surface area contributed by atoms with Gasteiger partial charge in [-0.1, -0.05) is 72.8 Å². The third kappa shape index (κ3) is 2.18. The van der Waals surface area contributed by atoms with Gasteiger partial charge in [-0.2, -0.15) is 0 Å². The molecule has 0 atom stereocenters. The maximum atomic E-state index is 4.89. The Morgan fingerprint density at radius 1 is 0.464 bits per heavy atom. The van der Waals surface area contributed by atoms with E-state index in [4.69, 9.17) is 9.97 Å². The molecule has 2 heterocycles. The van der Waals surface area contributed by atoms with Gasteiger partial charge in [-0.05, 0) is 22.9 Å². The fourth-order valence-corrected chi connectivity index (χ4v) is 3.84. The molecule has 0 radical (unpaired) electrons. The third-order valence-electron chi connectivity index (χ3n) is 5.17. The first-order valence-corrected chi connectivity index (χ1v) is 9.18. The van der Waals surface area contributed by atoms with Crippen LogP contribution in [-0.4, -0.2) is 20.2 Å². The van der Waals surface area contributed by atoms with E-state index >= 15 is 0 Å². The van der Waals surface area contributed by atoms with Crippen LogP contribution in [0.5, 0.6) is 0 Å². The molecule has 28 heavy (non-hydrogen) atoms. The van der Waals surface area contributed by atoms with Crippen molar-refractivity contribution < 1.29 is 0 Å². The average molecular weight is 358 g/mol. The van der Waals surface area contributed by atoms with Gasteiger partial charge in [0.1, 0.15) is 16.7 Å². The molecule has 0 saturated carbocycles. The zero-order valence-electron chi connectivity index (χ0n) is 14.9. The molecule has 6 aromatic rings. The number of hydrogen-bond donors (Lipinski definition) is 0. The first-order valence-electron chi connectivity index (χ1n) is 9.18. The Balaban J connectivity index is 1.70. The van der Waals surface area contributed by atoms with Crippen molar-refractivity contribution in [2.75, 3.05) is 0 Å². The highest BCUT2D eigenvalue weighted by atomic mass is 15.2. The lowest BCUT2D eigenvalue weighted by Gasteiger charge is -2.09. The third-order valence-corrected chi connectivity index (χ3v) is 5.17. The quantitative estimate of drug-likeness (QED) is 0.362. The normalized spacial score (nSPS) is 11.6. The Morgan fingerprint density at radius 2 is 1.11 bits per heavy atom. The topological polar surface area (TPSA) is 51.6 Å². The minimum absolute atomic E-state index is 0.540. The molecule has 0 bridgehead atoms. The lowest BCUT2D eigenvalue weighted by molar-refractivity contribution is 1.03. The molecule has 0 aliphatic heterocycles. The Bertz CT molecular complexity index is 1490. The molecule has 0 fully saturated rings. The number of rotatable bonds is 1. The number of para-hydroxylation sites is 1. The maximum absolute atomic E-state index is 4.89. The van der Waals surface area contributed by atoms with Crippen molar-refractivity contribution in [3.05, 3.63) is 84.9 Å². The van der Waals surface area contributed by atoms with E-state index in [1.807, 2.05) is 48.5 Å². The number of fused-ring (bicyclic) bond motifs is 7. The smallest absolute Gasteiger partial charge is 0.201 e. The minimum atomic E-state index is 0.540. The minimum Gasteiger partial charge on any atom is -0.244 e. The molecule has 0 unspecified atom stereocenters. The summed E-state index contributed by atoms with van der Waals surface area (Å²) in [7, 11) is 0. The summed E-state index contributed by atoms with van der Waals surface area (Å²) in [5, 5.41) is 14.6. The van der Waals surface area contributed by atoms with Crippen LogP contribution in [0.3, 0.4) is 0 Å². The second kappa shape index (κ2) is 5.79. The van der Waals surface area contributed by atoms with Gasteiger partial charge in [-0.25, -0.2) is 9.97 Å². The van der Waals surface area contributed by atoms with Gasteiger partial charge in [0.25, 0.3) is 0 Å². The zero-order valence-corrected chi connectivity index (χ0v) is 14.9. The summed E-state index contributed by atoms with van der Waals surface area (Å²) >= 11 is 0. The highest BCUT2D eigenvalue weighted by molar-refractivity contribution is 6.22. The predicted molar refractivity (Wildman–Crippen MR) is 113 cm³/mol. The van der Waals surface area contributed by atoms with Crippen molar-refractivity contribution in [2.45, 2.75) is 0 Å². The van der Waals surface area contributed by atoms with Crippen LogP contribution < -0.4 is 0 Å². The Labute approximate surface area is 160 Å². The van der Waals surface area contributed by atoms with E-state index < -0.39 is 0 Å². The van der Waals surface area contributed by atoms with Crippen LogP contribution in [0.1, 0.15) is 0 Å². The number of pyridine rings is 1. The summed E-state index contributed by atoms with van der Waals surface area (Å²) in [5.74, 6) is 0.540. The first-order chi connectivity index (χ1) is 13.9. The van der Waals surface area contributed by atoms with E-state index in [0.717, 1.165) is 38.4 Å². The van der Waals surface area contributed by atoms with E-state index in [0.29, 0.717) is 5.82 Å². The summed E-state index contributed by atoms with van der Waals surface area (Å²) < 4.78 is 0. The van der Waals surface area contributed by atoms with E-state index in [1.54, 1.807) is 0 Å². The van der Waals surface area contributed by atoms with Gasteiger partial charge in [0.15, 0.2) is 0 Å². The van der Waals surface area contributed by atoms with Gasteiger partial charge in [0.05, 0.1) is 5.52 Å². The SMILES string of the molecule is c1ccc2nc(-c3nnc4c5ccccc5c5ccccc5c4n3)ccc2c1. The lowest BCUT2D eigenvalue weighted by atomic mass is 10.00. The largest absolute Gasteiger partial charge is 0.244 e. The monoisotopic (exact) mass is 358 g/mol. The van der Waals surface area contributed by atoms with Gasteiger partial charge in [-0.15, -0.1) is 10.2 Å².